The zero-order valence-electron chi connectivity index (χ0n) is 23.5. The summed E-state index contributed by atoms with van der Waals surface area (Å²) in [5, 5.41) is 3.15. The second kappa shape index (κ2) is 12.5. The molecule has 2 heterocycles. The van der Waals surface area contributed by atoms with Gasteiger partial charge in [0.1, 0.15) is 17.9 Å². The van der Waals surface area contributed by atoms with Crippen LogP contribution in [0.2, 0.25) is 5.02 Å². The SMILES string of the molecule is [C-]#[N+]c1ccnc(N2C(=O)CC[C@H]2C(=O)N(c2cccc(C)c2)C(C(=O)NC2CCC(F)(F)CC2)c2ccccc2Cl)c1. The van der Waals surface area contributed by atoms with E-state index in [1.807, 2.05) is 13.0 Å². The van der Waals surface area contributed by atoms with Gasteiger partial charge in [0.2, 0.25) is 17.7 Å². The lowest BCUT2D eigenvalue weighted by Crippen LogP contribution is -2.53. The van der Waals surface area contributed by atoms with Gasteiger partial charge in [0.05, 0.1) is 6.57 Å². The number of halogens is 3. The molecule has 1 aliphatic heterocycles. The molecule has 0 spiro atoms. The van der Waals surface area contributed by atoms with E-state index in [-0.39, 0.29) is 61.0 Å². The van der Waals surface area contributed by atoms with Crippen LogP contribution in [0.4, 0.5) is 26.0 Å². The number of anilines is 2. The fourth-order valence-corrected chi connectivity index (χ4v) is 5.95. The monoisotopic (exact) mass is 605 g/mol. The third-order valence-corrected chi connectivity index (χ3v) is 8.23. The minimum Gasteiger partial charge on any atom is -0.351 e. The number of alkyl halides is 2. The molecule has 3 aromatic rings. The zero-order chi connectivity index (χ0) is 30.7. The van der Waals surface area contributed by atoms with Gasteiger partial charge in [0.15, 0.2) is 5.69 Å². The first kappa shape index (κ1) is 30.1. The van der Waals surface area contributed by atoms with Crippen molar-refractivity contribution in [2.45, 2.75) is 69.5 Å². The topological polar surface area (TPSA) is 87.0 Å². The number of hydrogen-bond acceptors (Lipinski definition) is 4. The first-order valence-corrected chi connectivity index (χ1v) is 14.4. The third-order valence-electron chi connectivity index (χ3n) is 7.89. The number of nitrogens with zero attached hydrogens (tertiary/aromatic N) is 4. The normalized spacial score (nSPS) is 19.0. The van der Waals surface area contributed by atoms with Crippen molar-refractivity contribution in [2.75, 3.05) is 9.80 Å². The van der Waals surface area contributed by atoms with Crippen LogP contribution in [0, 0.1) is 13.5 Å². The number of hydrogen-bond donors (Lipinski definition) is 1. The molecule has 2 fully saturated rings. The second-order valence-electron chi connectivity index (χ2n) is 10.9. The molecule has 1 unspecified atom stereocenters. The summed E-state index contributed by atoms with van der Waals surface area (Å²) in [5.74, 6) is -4.05. The Morgan fingerprint density at radius 2 is 1.86 bits per heavy atom. The lowest BCUT2D eigenvalue weighted by Gasteiger charge is -2.37. The molecule has 1 aromatic heterocycles. The average Bonchev–Trinajstić information content (AvgIpc) is 3.38. The molecule has 2 aliphatic rings. The number of aryl methyl sites for hydroxylation is 1. The van der Waals surface area contributed by atoms with Crippen molar-refractivity contribution in [1.82, 2.24) is 10.3 Å². The minimum atomic E-state index is -2.77. The molecule has 3 amide bonds. The molecule has 1 saturated heterocycles. The second-order valence-corrected chi connectivity index (χ2v) is 11.3. The Kier molecular flexibility index (Phi) is 8.74. The summed E-state index contributed by atoms with van der Waals surface area (Å²) in [4.78, 5) is 52.3. The molecule has 0 radical (unpaired) electrons. The predicted octanol–water partition coefficient (Wildman–Crippen LogP) is 6.56. The summed E-state index contributed by atoms with van der Waals surface area (Å²) in [6, 6.07) is 13.9. The smallest absolute Gasteiger partial charge is 0.251 e. The molecule has 2 atom stereocenters. The minimum absolute atomic E-state index is 0.0707. The maximum Gasteiger partial charge on any atom is 0.251 e. The Hall–Kier alpha value is -4.36. The van der Waals surface area contributed by atoms with Crippen LogP contribution >= 0.6 is 11.6 Å². The number of rotatable bonds is 7. The molecule has 8 nitrogen and oxygen atoms in total. The van der Waals surface area contributed by atoms with Gasteiger partial charge in [-0.25, -0.2) is 18.6 Å². The molecule has 1 saturated carbocycles. The number of amides is 3. The van der Waals surface area contributed by atoms with E-state index < -0.39 is 35.9 Å². The summed E-state index contributed by atoms with van der Waals surface area (Å²) in [6.45, 7) is 9.21. The molecule has 0 bridgehead atoms. The van der Waals surface area contributed by atoms with Gasteiger partial charge in [-0.15, -0.1) is 0 Å². The van der Waals surface area contributed by atoms with Crippen molar-refractivity contribution in [2.24, 2.45) is 0 Å². The number of pyridine rings is 1. The van der Waals surface area contributed by atoms with E-state index in [1.54, 1.807) is 42.5 Å². The van der Waals surface area contributed by atoms with Crippen LogP contribution in [0.3, 0.4) is 0 Å². The maximum atomic E-state index is 14.7. The highest BCUT2D eigenvalue weighted by Gasteiger charge is 2.45. The fraction of sp³-hybridized carbons (Fsp3) is 0.344. The van der Waals surface area contributed by atoms with E-state index in [0.717, 1.165) is 5.56 Å². The van der Waals surface area contributed by atoms with Crippen LogP contribution in [0.25, 0.3) is 4.85 Å². The summed E-state index contributed by atoms with van der Waals surface area (Å²) < 4.78 is 27.8. The van der Waals surface area contributed by atoms with E-state index in [1.165, 1.54) is 28.1 Å². The fourth-order valence-electron chi connectivity index (χ4n) is 5.71. The van der Waals surface area contributed by atoms with Crippen LogP contribution in [0.5, 0.6) is 0 Å². The van der Waals surface area contributed by atoms with E-state index in [9.17, 15) is 23.2 Å². The van der Waals surface area contributed by atoms with Gasteiger partial charge in [0, 0.05) is 47.8 Å². The van der Waals surface area contributed by atoms with Crippen molar-refractivity contribution < 1.29 is 23.2 Å². The largest absolute Gasteiger partial charge is 0.351 e. The van der Waals surface area contributed by atoms with Gasteiger partial charge < -0.3 is 5.32 Å². The van der Waals surface area contributed by atoms with Crippen LogP contribution < -0.4 is 15.1 Å². The summed E-state index contributed by atoms with van der Waals surface area (Å²) in [6.07, 6.45) is 1.15. The van der Waals surface area contributed by atoms with E-state index in [2.05, 4.69) is 15.1 Å². The molecule has 2 aromatic carbocycles. The molecular weight excluding hydrogens is 576 g/mol. The first-order chi connectivity index (χ1) is 20.6. The predicted molar refractivity (Wildman–Crippen MR) is 159 cm³/mol. The molecule has 43 heavy (non-hydrogen) atoms. The molecular formula is C32H30ClF2N5O3. The molecule has 222 valence electrons. The van der Waals surface area contributed by atoms with Crippen molar-refractivity contribution in [3.63, 3.8) is 0 Å². The van der Waals surface area contributed by atoms with Crippen molar-refractivity contribution in [3.05, 3.63) is 94.4 Å². The van der Waals surface area contributed by atoms with Gasteiger partial charge in [-0.05, 0) is 62.1 Å². The Labute approximate surface area is 253 Å². The van der Waals surface area contributed by atoms with Gasteiger partial charge in [0.25, 0.3) is 5.91 Å². The highest BCUT2D eigenvalue weighted by atomic mass is 35.5. The van der Waals surface area contributed by atoms with Gasteiger partial charge in [-0.1, -0.05) is 41.9 Å². The quantitative estimate of drug-likeness (QED) is 0.309. The Morgan fingerprint density at radius 1 is 1.12 bits per heavy atom. The maximum absolute atomic E-state index is 14.7. The number of nitrogens with one attached hydrogen (secondary N) is 1. The van der Waals surface area contributed by atoms with Crippen molar-refractivity contribution >= 4 is 46.5 Å². The molecule has 5 rings (SSSR count). The molecule has 1 aliphatic carbocycles. The van der Waals surface area contributed by atoms with Gasteiger partial charge >= 0.3 is 0 Å². The summed E-state index contributed by atoms with van der Waals surface area (Å²) >= 11 is 6.63. The molecule has 1 N–H and O–H groups in total. The number of aromatic nitrogens is 1. The average molecular weight is 606 g/mol. The number of benzene rings is 2. The number of carbonyl (C=O) groups excluding carboxylic acids is 3. The first-order valence-electron chi connectivity index (χ1n) is 14.1. The van der Waals surface area contributed by atoms with Crippen LogP contribution in [-0.2, 0) is 14.4 Å². The van der Waals surface area contributed by atoms with Crippen LogP contribution in [-0.4, -0.2) is 40.7 Å². The summed E-state index contributed by atoms with van der Waals surface area (Å²) in [7, 11) is 0. The lowest BCUT2D eigenvalue weighted by molar-refractivity contribution is -0.128. The standard InChI is InChI=1S/C32H30ClF2N5O3/c1-20-6-5-7-23(18-20)39(31(43)26-10-11-28(41)40(26)27-19-22(36-2)14-17-37-27)29(24-8-3-4-9-25(24)33)30(42)38-21-12-15-32(34,35)16-13-21/h3-9,14,17-19,21,26,29H,10-13,15-16H2,1H3,(H,38,42)/t26-,29?/m0/s1. The highest BCUT2D eigenvalue weighted by molar-refractivity contribution is 6.31. The van der Waals surface area contributed by atoms with Crippen molar-refractivity contribution in [1.29, 1.82) is 0 Å². The highest BCUT2D eigenvalue weighted by Crippen LogP contribution is 2.38. The van der Waals surface area contributed by atoms with Crippen molar-refractivity contribution in [3.8, 4) is 0 Å². The summed E-state index contributed by atoms with van der Waals surface area (Å²) in [5.41, 5.74) is 1.84. The zero-order valence-corrected chi connectivity index (χ0v) is 24.2. The van der Waals surface area contributed by atoms with Crippen LogP contribution in [0.1, 0.15) is 55.7 Å². The number of carbonyl (C=O) groups is 3. The van der Waals surface area contributed by atoms with E-state index >= 15 is 0 Å². The van der Waals surface area contributed by atoms with Gasteiger partial charge in [-0.2, -0.15) is 0 Å². The Balaban J connectivity index is 1.59. The van der Waals surface area contributed by atoms with E-state index in [0.29, 0.717) is 11.3 Å². The third kappa shape index (κ3) is 6.52. The van der Waals surface area contributed by atoms with E-state index in [4.69, 9.17) is 18.2 Å². The Morgan fingerprint density at radius 3 is 2.56 bits per heavy atom. The van der Waals surface area contributed by atoms with Crippen LogP contribution in [0.15, 0.2) is 66.9 Å². The van der Waals surface area contributed by atoms with Gasteiger partial charge in [-0.3, -0.25) is 24.2 Å². The molecule has 11 heteroatoms. The lowest BCUT2D eigenvalue weighted by atomic mass is 9.91. The Bertz CT molecular complexity index is 1580.